The lowest BCUT2D eigenvalue weighted by molar-refractivity contribution is 0.0746. The third-order valence-corrected chi connectivity index (χ3v) is 3.60. The third-order valence-electron chi connectivity index (χ3n) is 2.69. The van der Waals surface area contributed by atoms with E-state index in [0.717, 1.165) is 25.1 Å². The molecule has 0 bridgehead atoms. The molecule has 0 saturated carbocycles. The van der Waals surface area contributed by atoms with Crippen LogP contribution in [0.2, 0.25) is 0 Å². The lowest BCUT2D eigenvalue weighted by Crippen LogP contribution is -2.33. The number of nitrogens with two attached hydrogens (primary N) is 1. The number of rotatable bonds is 1. The summed E-state index contributed by atoms with van der Waals surface area (Å²) >= 11 is 1.43. The van der Waals surface area contributed by atoms with Crippen LogP contribution in [0.3, 0.4) is 0 Å². The number of thiophene rings is 1. The second kappa shape index (κ2) is 6.55. The summed E-state index contributed by atoms with van der Waals surface area (Å²) in [4.78, 5) is 14.9. The Labute approximate surface area is 111 Å². The molecule has 0 spiro atoms. The molecular weight excluding hydrogens is 248 g/mol. The Morgan fingerprint density at radius 1 is 1.50 bits per heavy atom. The minimum Gasteiger partial charge on any atom is -0.380 e. The molecule has 0 aromatic carbocycles. The van der Waals surface area contributed by atoms with Crippen LogP contribution in [0.4, 0.5) is 0 Å². The fourth-order valence-corrected chi connectivity index (χ4v) is 2.63. The lowest BCUT2D eigenvalue weighted by Gasteiger charge is -2.18. The van der Waals surface area contributed by atoms with Gasteiger partial charge in [0.25, 0.3) is 5.91 Å². The molecule has 1 aliphatic rings. The van der Waals surface area contributed by atoms with Gasteiger partial charge in [0.15, 0.2) is 0 Å². The summed E-state index contributed by atoms with van der Waals surface area (Å²) in [5, 5.41) is 1.89. The molecule has 0 unspecified atom stereocenters. The number of carbonyl (C=O) groups is 1. The van der Waals surface area contributed by atoms with E-state index < -0.39 is 0 Å². The van der Waals surface area contributed by atoms with Gasteiger partial charge >= 0.3 is 0 Å². The second-order valence-electron chi connectivity index (χ2n) is 3.93. The summed E-state index contributed by atoms with van der Waals surface area (Å²) in [6, 6.07) is 1.87. The molecule has 0 atom stereocenters. The van der Waals surface area contributed by atoms with Gasteiger partial charge in [0.1, 0.15) is 4.88 Å². The lowest BCUT2D eigenvalue weighted by atomic mass is 10.2. The van der Waals surface area contributed by atoms with Gasteiger partial charge in [-0.05, 0) is 17.9 Å². The number of hydrogen-bond donors (Lipinski definition) is 1. The van der Waals surface area contributed by atoms with Gasteiger partial charge in [0.05, 0.1) is 13.2 Å². The molecule has 4 nitrogen and oxygen atoms in total. The van der Waals surface area contributed by atoms with Crippen molar-refractivity contribution < 1.29 is 9.53 Å². The minimum atomic E-state index is 0.0526. The van der Waals surface area contributed by atoms with E-state index in [4.69, 9.17) is 10.5 Å². The molecule has 1 aromatic heterocycles. The van der Waals surface area contributed by atoms with Gasteiger partial charge in [-0.3, -0.25) is 4.79 Å². The molecule has 96 valence electrons. The van der Waals surface area contributed by atoms with Gasteiger partial charge in [0.2, 0.25) is 0 Å². The predicted octanol–water partition coefficient (Wildman–Crippen LogP) is 0.921. The molecule has 5 heteroatoms. The maximum atomic E-state index is 12.4. The van der Waals surface area contributed by atoms with Crippen LogP contribution in [-0.4, -0.2) is 43.7 Å². The van der Waals surface area contributed by atoms with Crippen LogP contribution in [0.15, 0.2) is 11.4 Å². The molecule has 1 saturated heterocycles. The molecule has 18 heavy (non-hydrogen) atoms. The summed E-state index contributed by atoms with van der Waals surface area (Å²) in [6.45, 7) is 3.05. The maximum absolute atomic E-state index is 12.4. The summed E-state index contributed by atoms with van der Waals surface area (Å²) in [5.74, 6) is 5.79. The smallest absolute Gasteiger partial charge is 0.265 e. The number of ether oxygens (including phenoxy) is 1. The van der Waals surface area contributed by atoms with E-state index in [1.54, 1.807) is 0 Å². The highest BCUT2D eigenvalue weighted by atomic mass is 32.1. The maximum Gasteiger partial charge on any atom is 0.265 e. The summed E-state index contributed by atoms with van der Waals surface area (Å²) < 4.78 is 5.35. The van der Waals surface area contributed by atoms with E-state index in [9.17, 15) is 4.79 Å². The van der Waals surface area contributed by atoms with E-state index in [1.807, 2.05) is 16.3 Å². The van der Waals surface area contributed by atoms with Gasteiger partial charge in [-0.15, -0.1) is 11.3 Å². The van der Waals surface area contributed by atoms with Gasteiger partial charge in [-0.2, -0.15) is 0 Å². The molecule has 2 N–H and O–H groups in total. The van der Waals surface area contributed by atoms with Crippen molar-refractivity contribution in [3.63, 3.8) is 0 Å². The van der Waals surface area contributed by atoms with E-state index >= 15 is 0 Å². The highest BCUT2D eigenvalue weighted by Gasteiger charge is 2.20. The van der Waals surface area contributed by atoms with Gasteiger partial charge in [-0.25, -0.2) is 0 Å². The summed E-state index contributed by atoms with van der Waals surface area (Å²) in [6.07, 6.45) is 0.890. The molecule has 2 heterocycles. The molecule has 1 amide bonds. The SMILES string of the molecule is NCC#Cc1ccsc1C(=O)N1CCCOCC1. The van der Waals surface area contributed by atoms with Crippen LogP contribution in [0.1, 0.15) is 21.7 Å². The predicted molar refractivity (Wildman–Crippen MR) is 71.6 cm³/mol. The van der Waals surface area contributed by atoms with E-state index in [1.165, 1.54) is 11.3 Å². The zero-order valence-corrected chi connectivity index (χ0v) is 11.0. The Morgan fingerprint density at radius 3 is 3.22 bits per heavy atom. The zero-order chi connectivity index (χ0) is 12.8. The largest absolute Gasteiger partial charge is 0.380 e. The Bertz CT molecular complexity index is 465. The van der Waals surface area contributed by atoms with Gasteiger partial charge < -0.3 is 15.4 Å². The highest BCUT2D eigenvalue weighted by Crippen LogP contribution is 2.19. The Balaban J connectivity index is 2.14. The normalized spacial score (nSPS) is 15.7. The fourth-order valence-electron chi connectivity index (χ4n) is 1.81. The van der Waals surface area contributed by atoms with Crippen molar-refractivity contribution in [1.29, 1.82) is 0 Å². The van der Waals surface area contributed by atoms with E-state index in [-0.39, 0.29) is 5.91 Å². The number of carbonyl (C=O) groups excluding carboxylic acids is 1. The standard InChI is InChI=1S/C13H16N2O2S/c14-5-1-3-11-4-10-18-12(11)13(16)15-6-2-8-17-9-7-15/h4,10H,2,5-9,14H2. The Kier molecular flexibility index (Phi) is 4.76. The molecular formula is C13H16N2O2S. The van der Waals surface area contributed by atoms with E-state index in [0.29, 0.717) is 24.6 Å². The number of nitrogens with zero attached hydrogens (tertiary/aromatic N) is 1. The quantitative estimate of drug-likeness (QED) is 0.767. The fraction of sp³-hybridized carbons (Fsp3) is 0.462. The molecule has 1 fully saturated rings. The van der Waals surface area contributed by atoms with Crippen LogP contribution in [0, 0.1) is 11.8 Å². The van der Waals surface area contributed by atoms with E-state index in [2.05, 4.69) is 11.8 Å². The van der Waals surface area contributed by atoms with Crippen LogP contribution >= 0.6 is 11.3 Å². The van der Waals surface area contributed by atoms with Crippen molar-refractivity contribution in [2.24, 2.45) is 5.73 Å². The summed E-state index contributed by atoms with van der Waals surface area (Å²) in [7, 11) is 0. The number of hydrogen-bond acceptors (Lipinski definition) is 4. The second-order valence-corrected chi connectivity index (χ2v) is 4.84. The molecule has 0 radical (unpaired) electrons. The number of amides is 1. The van der Waals surface area contributed by atoms with Gasteiger partial charge in [0, 0.05) is 25.3 Å². The average molecular weight is 264 g/mol. The molecule has 0 aliphatic carbocycles. The van der Waals surface area contributed by atoms with Crippen molar-refractivity contribution >= 4 is 17.2 Å². The van der Waals surface area contributed by atoms with Crippen LogP contribution in [-0.2, 0) is 4.74 Å². The van der Waals surface area contributed by atoms with Crippen molar-refractivity contribution in [2.45, 2.75) is 6.42 Å². The van der Waals surface area contributed by atoms with Crippen LogP contribution < -0.4 is 5.73 Å². The van der Waals surface area contributed by atoms with Crippen molar-refractivity contribution in [2.75, 3.05) is 32.8 Å². The first-order chi connectivity index (χ1) is 8.83. The molecule has 1 aliphatic heterocycles. The molecule has 1 aromatic rings. The van der Waals surface area contributed by atoms with Crippen molar-refractivity contribution in [3.8, 4) is 11.8 Å². The van der Waals surface area contributed by atoms with Gasteiger partial charge in [-0.1, -0.05) is 11.8 Å². The summed E-state index contributed by atoms with van der Waals surface area (Å²) in [5.41, 5.74) is 6.13. The Morgan fingerprint density at radius 2 is 2.39 bits per heavy atom. The third kappa shape index (κ3) is 3.10. The first-order valence-electron chi connectivity index (χ1n) is 5.96. The minimum absolute atomic E-state index is 0.0526. The first-order valence-corrected chi connectivity index (χ1v) is 6.84. The molecule has 2 rings (SSSR count). The van der Waals surface area contributed by atoms with Crippen LogP contribution in [0.5, 0.6) is 0 Å². The topological polar surface area (TPSA) is 55.6 Å². The van der Waals surface area contributed by atoms with Crippen LogP contribution in [0.25, 0.3) is 0 Å². The highest BCUT2D eigenvalue weighted by molar-refractivity contribution is 7.12. The zero-order valence-electron chi connectivity index (χ0n) is 10.1. The Hall–Kier alpha value is -1.35. The van der Waals surface area contributed by atoms with Crippen molar-refractivity contribution in [1.82, 2.24) is 4.90 Å². The average Bonchev–Trinajstić information content (AvgIpc) is 2.68. The first kappa shape index (κ1) is 13.1. The van der Waals surface area contributed by atoms with Crippen molar-refractivity contribution in [3.05, 3.63) is 21.9 Å². The monoisotopic (exact) mass is 264 g/mol.